The maximum absolute atomic E-state index is 13.5. The van der Waals surface area contributed by atoms with E-state index in [2.05, 4.69) is 51.5 Å². The molecule has 1 saturated carbocycles. The SMILES string of the molecule is Cc1cc(CN(CCc2c[nH]c3ccccc23)C(=O)C2CCCCCC2)n(C)n1. The minimum Gasteiger partial charge on any atom is -0.361 e. The lowest BCUT2D eigenvalue weighted by Gasteiger charge is -2.27. The van der Waals surface area contributed by atoms with Crippen LogP contribution in [-0.2, 0) is 24.8 Å². The fraction of sp³-hybridized carbons (Fsp3) is 0.500. The van der Waals surface area contributed by atoms with Crippen LogP contribution in [0.15, 0.2) is 36.5 Å². The normalized spacial score (nSPS) is 15.5. The summed E-state index contributed by atoms with van der Waals surface area (Å²) in [5.41, 5.74) is 4.54. The molecule has 1 N–H and O–H groups in total. The van der Waals surface area contributed by atoms with E-state index in [-0.39, 0.29) is 5.92 Å². The molecule has 4 rings (SSSR count). The van der Waals surface area contributed by atoms with Gasteiger partial charge in [-0.25, -0.2) is 0 Å². The van der Waals surface area contributed by atoms with E-state index in [1.165, 1.54) is 36.6 Å². The number of nitrogens with zero attached hydrogens (tertiary/aromatic N) is 3. The van der Waals surface area contributed by atoms with Crippen LogP contribution < -0.4 is 0 Å². The third-order valence-corrected chi connectivity index (χ3v) is 6.29. The smallest absolute Gasteiger partial charge is 0.226 e. The van der Waals surface area contributed by atoms with Gasteiger partial charge in [0.1, 0.15) is 0 Å². The van der Waals surface area contributed by atoms with Gasteiger partial charge in [-0.15, -0.1) is 0 Å². The molecule has 0 aliphatic heterocycles. The second kappa shape index (κ2) is 8.85. The number of rotatable bonds is 6. The first-order chi connectivity index (χ1) is 14.1. The summed E-state index contributed by atoms with van der Waals surface area (Å²) in [4.78, 5) is 18.9. The van der Waals surface area contributed by atoms with E-state index >= 15 is 0 Å². The third kappa shape index (κ3) is 4.55. The number of benzene rings is 1. The molecule has 0 atom stereocenters. The molecule has 5 heteroatoms. The summed E-state index contributed by atoms with van der Waals surface area (Å²) >= 11 is 0. The Hall–Kier alpha value is -2.56. The molecule has 154 valence electrons. The molecule has 1 aliphatic rings. The molecule has 5 nitrogen and oxygen atoms in total. The zero-order valence-electron chi connectivity index (χ0n) is 17.7. The summed E-state index contributed by atoms with van der Waals surface area (Å²) in [7, 11) is 1.97. The van der Waals surface area contributed by atoms with Crippen molar-refractivity contribution in [1.29, 1.82) is 0 Å². The number of aryl methyl sites for hydroxylation is 2. The van der Waals surface area contributed by atoms with Crippen LogP contribution >= 0.6 is 0 Å². The fourth-order valence-electron chi connectivity index (χ4n) is 4.65. The first-order valence-electron chi connectivity index (χ1n) is 10.9. The van der Waals surface area contributed by atoms with Gasteiger partial charge in [0, 0.05) is 36.6 Å². The average molecular weight is 393 g/mol. The lowest BCUT2D eigenvalue weighted by atomic mass is 9.98. The van der Waals surface area contributed by atoms with Crippen molar-refractivity contribution in [3.63, 3.8) is 0 Å². The molecule has 0 bridgehead atoms. The lowest BCUT2D eigenvalue weighted by molar-refractivity contribution is -0.136. The van der Waals surface area contributed by atoms with Crippen LogP contribution in [0.1, 0.15) is 55.5 Å². The van der Waals surface area contributed by atoms with Crippen molar-refractivity contribution in [3.8, 4) is 0 Å². The molecular weight excluding hydrogens is 360 g/mol. The van der Waals surface area contributed by atoms with Crippen LogP contribution in [0.4, 0.5) is 0 Å². The van der Waals surface area contributed by atoms with Gasteiger partial charge in [0.2, 0.25) is 5.91 Å². The number of para-hydroxylation sites is 1. The standard InChI is InChI=1S/C24H32N4O/c1-18-15-21(27(2)26-18)17-28(24(29)19-9-5-3-4-6-10-19)14-13-20-16-25-23-12-8-7-11-22(20)23/h7-8,11-12,15-16,19,25H,3-6,9-10,13-14,17H2,1-2H3. The highest BCUT2D eigenvalue weighted by molar-refractivity contribution is 5.83. The second-order valence-electron chi connectivity index (χ2n) is 8.46. The Morgan fingerprint density at radius 2 is 1.97 bits per heavy atom. The number of aromatic nitrogens is 3. The van der Waals surface area contributed by atoms with Crippen LogP contribution in [0.25, 0.3) is 10.9 Å². The van der Waals surface area contributed by atoms with E-state index in [1.807, 2.05) is 18.7 Å². The van der Waals surface area contributed by atoms with Crippen molar-refractivity contribution in [2.45, 2.75) is 58.4 Å². The van der Waals surface area contributed by atoms with Crippen molar-refractivity contribution in [2.24, 2.45) is 13.0 Å². The molecule has 1 amide bonds. The Morgan fingerprint density at radius 3 is 2.69 bits per heavy atom. The van der Waals surface area contributed by atoms with E-state index in [9.17, 15) is 4.79 Å². The number of carbonyl (C=O) groups is 1. The highest BCUT2D eigenvalue weighted by atomic mass is 16.2. The number of aromatic amines is 1. The number of H-pyrrole nitrogens is 1. The molecule has 1 fully saturated rings. The first kappa shape index (κ1) is 19.7. The minimum atomic E-state index is 0.176. The quantitative estimate of drug-likeness (QED) is 0.616. The number of nitrogens with one attached hydrogen (secondary N) is 1. The Balaban J connectivity index is 1.53. The summed E-state index contributed by atoms with van der Waals surface area (Å²) in [6.07, 6.45) is 9.90. The maximum atomic E-state index is 13.5. The van der Waals surface area contributed by atoms with Crippen LogP contribution in [0.2, 0.25) is 0 Å². The topological polar surface area (TPSA) is 53.9 Å². The van der Waals surface area contributed by atoms with Gasteiger partial charge in [0.15, 0.2) is 0 Å². The number of amides is 1. The number of carbonyl (C=O) groups excluding carboxylic acids is 1. The van der Waals surface area contributed by atoms with Gasteiger partial charge in [-0.2, -0.15) is 5.10 Å². The predicted molar refractivity (Wildman–Crippen MR) is 117 cm³/mol. The molecule has 2 aromatic heterocycles. The largest absolute Gasteiger partial charge is 0.361 e. The summed E-state index contributed by atoms with van der Waals surface area (Å²) in [5, 5.41) is 5.73. The predicted octanol–water partition coefficient (Wildman–Crippen LogP) is 4.75. The van der Waals surface area contributed by atoms with Crippen molar-refractivity contribution >= 4 is 16.8 Å². The Bertz CT molecular complexity index is 962. The summed E-state index contributed by atoms with van der Waals surface area (Å²) in [5.74, 6) is 0.500. The van der Waals surface area contributed by atoms with Gasteiger partial charge in [-0.05, 0) is 43.9 Å². The third-order valence-electron chi connectivity index (χ3n) is 6.29. The van der Waals surface area contributed by atoms with Gasteiger partial charge in [-0.3, -0.25) is 9.48 Å². The molecule has 3 aromatic rings. The van der Waals surface area contributed by atoms with E-state index in [0.29, 0.717) is 12.5 Å². The molecule has 0 unspecified atom stereocenters. The average Bonchev–Trinajstić information content (AvgIpc) is 3.14. The van der Waals surface area contributed by atoms with Crippen molar-refractivity contribution in [2.75, 3.05) is 6.54 Å². The van der Waals surface area contributed by atoms with Gasteiger partial charge < -0.3 is 9.88 Å². The number of fused-ring (bicyclic) bond motifs is 1. The van der Waals surface area contributed by atoms with Gasteiger partial charge in [0.25, 0.3) is 0 Å². The number of hydrogen-bond donors (Lipinski definition) is 1. The Labute approximate surface area is 173 Å². The van der Waals surface area contributed by atoms with E-state index in [4.69, 9.17) is 0 Å². The summed E-state index contributed by atoms with van der Waals surface area (Å²) in [6.45, 7) is 3.38. The van der Waals surface area contributed by atoms with Crippen LogP contribution in [-0.4, -0.2) is 32.1 Å². The van der Waals surface area contributed by atoms with Crippen LogP contribution in [0, 0.1) is 12.8 Å². The molecular formula is C24H32N4O. The fourth-order valence-corrected chi connectivity index (χ4v) is 4.65. The first-order valence-corrected chi connectivity index (χ1v) is 10.9. The molecule has 0 spiro atoms. The van der Waals surface area contributed by atoms with Crippen molar-refractivity contribution in [1.82, 2.24) is 19.7 Å². The molecule has 2 heterocycles. The molecule has 1 aromatic carbocycles. The lowest BCUT2D eigenvalue weighted by Crippen LogP contribution is -2.37. The Morgan fingerprint density at radius 1 is 1.21 bits per heavy atom. The van der Waals surface area contributed by atoms with E-state index in [1.54, 1.807) is 0 Å². The van der Waals surface area contributed by atoms with Gasteiger partial charge >= 0.3 is 0 Å². The Kier molecular flexibility index (Phi) is 6.02. The zero-order valence-corrected chi connectivity index (χ0v) is 17.7. The van der Waals surface area contributed by atoms with E-state index < -0.39 is 0 Å². The van der Waals surface area contributed by atoms with Crippen molar-refractivity contribution < 1.29 is 4.79 Å². The van der Waals surface area contributed by atoms with Crippen molar-refractivity contribution in [3.05, 3.63) is 53.5 Å². The highest BCUT2D eigenvalue weighted by Crippen LogP contribution is 2.26. The number of hydrogen-bond acceptors (Lipinski definition) is 2. The van der Waals surface area contributed by atoms with Gasteiger partial charge in [0.05, 0.1) is 17.9 Å². The van der Waals surface area contributed by atoms with Crippen LogP contribution in [0.5, 0.6) is 0 Å². The zero-order chi connectivity index (χ0) is 20.2. The second-order valence-corrected chi connectivity index (χ2v) is 8.46. The summed E-state index contributed by atoms with van der Waals surface area (Å²) in [6, 6.07) is 10.5. The molecule has 29 heavy (non-hydrogen) atoms. The monoisotopic (exact) mass is 392 g/mol. The molecule has 0 radical (unpaired) electrons. The minimum absolute atomic E-state index is 0.176. The van der Waals surface area contributed by atoms with Crippen LogP contribution in [0.3, 0.4) is 0 Å². The highest BCUT2D eigenvalue weighted by Gasteiger charge is 2.26. The van der Waals surface area contributed by atoms with E-state index in [0.717, 1.165) is 42.7 Å². The van der Waals surface area contributed by atoms with Gasteiger partial charge in [-0.1, -0.05) is 43.9 Å². The molecule has 0 saturated heterocycles. The summed E-state index contributed by atoms with van der Waals surface area (Å²) < 4.78 is 1.91. The maximum Gasteiger partial charge on any atom is 0.226 e. The molecule has 1 aliphatic carbocycles.